The maximum atomic E-state index is 2.64. The highest BCUT2D eigenvalue weighted by molar-refractivity contribution is 7.04. The third-order valence-corrected chi connectivity index (χ3v) is 14.1. The van der Waals surface area contributed by atoms with Crippen LogP contribution in [-0.4, -0.2) is 22.6 Å². The van der Waals surface area contributed by atoms with Crippen molar-refractivity contribution < 1.29 is 0 Å². The van der Waals surface area contributed by atoms with Crippen molar-refractivity contribution in [3.05, 3.63) is 182 Å². The van der Waals surface area contributed by atoms with Crippen molar-refractivity contribution in [2.45, 2.75) is 0 Å². The molecular formula is C54H30B2N2. The molecule has 9 aromatic carbocycles. The zero-order chi connectivity index (χ0) is 37.4. The Labute approximate surface area is 335 Å². The molecule has 4 heteroatoms. The van der Waals surface area contributed by atoms with Crippen LogP contribution in [0.3, 0.4) is 0 Å². The first kappa shape index (κ1) is 29.9. The van der Waals surface area contributed by atoms with Crippen molar-refractivity contribution in [2.75, 3.05) is 0 Å². The van der Waals surface area contributed by atoms with Crippen molar-refractivity contribution in [3.63, 3.8) is 0 Å². The average molecular weight is 728 g/mol. The Morgan fingerprint density at radius 3 is 1.22 bits per heavy atom. The number of nitrogens with zero attached hydrogens (tertiary/aromatic N) is 2. The van der Waals surface area contributed by atoms with Gasteiger partial charge in [0.15, 0.2) is 0 Å². The number of fused-ring (bicyclic) bond motifs is 18. The molecule has 0 bridgehead atoms. The monoisotopic (exact) mass is 728 g/mol. The highest BCUT2D eigenvalue weighted by Gasteiger charge is 2.46. The van der Waals surface area contributed by atoms with Gasteiger partial charge in [-0.3, -0.25) is 0 Å². The van der Waals surface area contributed by atoms with Crippen molar-refractivity contribution in [3.8, 4) is 55.9 Å². The molecule has 262 valence electrons. The Bertz CT molecular complexity index is 3450. The molecule has 15 rings (SSSR count). The maximum Gasteiger partial charge on any atom is 0.248 e. The van der Waals surface area contributed by atoms with Crippen LogP contribution in [0, 0.1) is 0 Å². The average Bonchev–Trinajstić information content (AvgIpc) is 4.02. The summed E-state index contributed by atoms with van der Waals surface area (Å²) in [5, 5.41) is 5.31. The standard InChI is InChI=1S/C54H30B2N2/c1-3-13-31(14-4-1)33-19-11-23-45-49(33)39-27-25-37-35-17-7-9-21-41(35)55-43-29-44-48(30-47(43)57(45)53(39)51(37)55)58-46-24-12-20-34(32-15-5-2-6-16-32)50(46)40-28-26-38-36-18-8-10-22-42(36)56(44)52(38)54(40)58/h1-30H. The van der Waals surface area contributed by atoms with Crippen molar-refractivity contribution in [2.24, 2.45) is 0 Å². The molecular weight excluding hydrogens is 698 g/mol. The lowest BCUT2D eigenvalue weighted by atomic mass is 9.34. The molecule has 0 amide bonds. The summed E-state index contributed by atoms with van der Waals surface area (Å²) in [5.41, 5.74) is 26.9. The number of rotatable bonds is 2. The number of benzene rings is 9. The minimum absolute atomic E-state index is 0.145. The second-order valence-corrected chi connectivity index (χ2v) is 16.7. The van der Waals surface area contributed by atoms with Gasteiger partial charge in [-0.15, -0.1) is 0 Å². The summed E-state index contributed by atoms with van der Waals surface area (Å²) in [6.07, 6.45) is 0. The van der Waals surface area contributed by atoms with E-state index in [1.165, 1.54) is 132 Å². The summed E-state index contributed by atoms with van der Waals surface area (Å²) in [6.45, 7) is 0.290. The van der Waals surface area contributed by atoms with Crippen LogP contribution in [0.2, 0.25) is 0 Å². The van der Waals surface area contributed by atoms with Crippen molar-refractivity contribution in [1.82, 2.24) is 9.13 Å². The fraction of sp³-hybridized carbons (Fsp3) is 0. The molecule has 0 fully saturated rings. The van der Waals surface area contributed by atoms with Crippen LogP contribution in [0.1, 0.15) is 0 Å². The fourth-order valence-corrected chi connectivity index (χ4v) is 12.0. The third kappa shape index (κ3) is 3.40. The first-order chi connectivity index (χ1) is 28.8. The normalized spacial score (nSPS) is 13.4. The van der Waals surface area contributed by atoms with Crippen molar-refractivity contribution >= 4 is 89.8 Å². The van der Waals surface area contributed by atoms with Gasteiger partial charge in [0, 0.05) is 44.0 Å². The lowest BCUT2D eigenvalue weighted by molar-refractivity contribution is 1.15. The van der Waals surface area contributed by atoms with Gasteiger partial charge < -0.3 is 9.13 Å². The highest BCUT2D eigenvalue weighted by atomic mass is 15.0. The van der Waals surface area contributed by atoms with Gasteiger partial charge in [0.2, 0.25) is 13.4 Å². The van der Waals surface area contributed by atoms with Gasteiger partial charge in [-0.1, -0.05) is 175 Å². The fourth-order valence-electron chi connectivity index (χ4n) is 12.0. The molecule has 0 saturated carbocycles. The molecule has 0 atom stereocenters. The minimum Gasteiger partial charge on any atom is -0.310 e. The molecule has 0 spiro atoms. The summed E-state index contributed by atoms with van der Waals surface area (Å²) >= 11 is 0. The Hall–Kier alpha value is -7.29. The summed E-state index contributed by atoms with van der Waals surface area (Å²) in [4.78, 5) is 0. The Morgan fingerprint density at radius 2 is 0.741 bits per heavy atom. The van der Waals surface area contributed by atoms with Gasteiger partial charge in [0.25, 0.3) is 0 Å². The van der Waals surface area contributed by atoms with Gasteiger partial charge >= 0.3 is 0 Å². The molecule has 2 nitrogen and oxygen atoms in total. The smallest absolute Gasteiger partial charge is 0.248 e. The van der Waals surface area contributed by atoms with Gasteiger partial charge in [-0.05, 0) is 84.6 Å². The summed E-state index contributed by atoms with van der Waals surface area (Å²) in [6, 6.07) is 68.9. The van der Waals surface area contributed by atoms with Crippen LogP contribution in [-0.2, 0) is 0 Å². The summed E-state index contributed by atoms with van der Waals surface area (Å²) < 4.78 is 5.28. The molecule has 58 heavy (non-hydrogen) atoms. The number of aromatic nitrogens is 2. The predicted molar refractivity (Wildman–Crippen MR) is 246 cm³/mol. The zero-order valence-electron chi connectivity index (χ0n) is 31.4. The molecule has 0 aliphatic carbocycles. The number of hydrogen-bond donors (Lipinski definition) is 0. The third-order valence-electron chi connectivity index (χ3n) is 14.1. The van der Waals surface area contributed by atoms with Gasteiger partial charge in [0.1, 0.15) is 0 Å². The second-order valence-electron chi connectivity index (χ2n) is 16.7. The van der Waals surface area contributed by atoms with E-state index >= 15 is 0 Å². The quantitative estimate of drug-likeness (QED) is 0.158. The van der Waals surface area contributed by atoms with Crippen LogP contribution in [0.25, 0.3) is 99.5 Å². The van der Waals surface area contributed by atoms with E-state index in [-0.39, 0.29) is 13.4 Å². The van der Waals surface area contributed by atoms with E-state index in [4.69, 9.17) is 0 Å². The molecule has 2 aromatic heterocycles. The van der Waals surface area contributed by atoms with Gasteiger partial charge in [0.05, 0.1) is 11.0 Å². The molecule has 0 unspecified atom stereocenters. The van der Waals surface area contributed by atoms with Crippen LogP contribution in [0.5, 0.6) is 0 Å². The maximum absolute atomic E-state index is 2.64. The Balaban J connectivity index is 1.13. The first-order valence-corrected chi connectivity index (χ1v) is 20.5. The van der Waals surface area contributed by atoms with E-state index in [1.807, 2.05) is 0 Å². The first-order valence-electron chi connectivity index (χ1n) is 20.5. The lowest BCUT2D eigenvalue weighted by Gasteiger charge is -2.31. The topological polar surface area (TPSA) is 9.86 Å². The van der Waals surface area contributed by atoms with Crippen LogP contribution in [0.15, 0.2) is 182 Å². The Kier molecular flexibility index (Phi) is 5.34. The largest absolute Gasteiger partial charge is 0.310 e. The SMILES string of the molecule is c1ccc(-c2cccc3c2c2ccc4c5c2n3-c2cc3c(cc2B5c2ccccc2-4)B2c4ccccc4-c4ccc5c6c(-c7ccccc7)cccc6n-3c5c42)cc1. The van der Waals surface area contributed by atoms with E-state index in [1.54, 1.807) is 0 Å². The number of hydrogen-bond acceptors (Lipinski definition) is 0. The lowest BCUT2D eigenvalue weighted by Crippen LogP contribution is -2.58. The Morgan fingerprint density at radius 1 is 0.310 bits per heavy atom. The molecule has 6 heterocycles. The summed E-state index contributed by atoms with van der Waals surface area (Å²) in [7, 11) is 0. The van der Waals surface area contributed by atoms with E-state index in [0.717, 1.165) is 0 Å². The molecule has 0 saturated heterocycles. The predicted octanol–water partition coefficient (Wildman–Crippen LogP) is 8.83. The molecule has 0 radical (unpaired) electrons. The van der Waals surface area contributed by atoms with Crippen LogP contribution < -0.4 is 32.8 Å². The van der Waals surface area contributed by atoms with Gasteiger partial charge in [-0.25, -0.2) is 0 Å². The van der Waals surface area contributed by atoms with E-state index in [9.17, 15) is 0 Å². The van der Waals surface area contributed by atoms with Crippen LogP contribution in [0.4, 0.5) is 0 Å². The van der Waals surface area contributed by atoms with E-state index in [2.05, 4.69) is 191 Å². The molecule has 0 N–H and O–H groups in total. The minimum atomic E-state index is 0.145. The molecule has 4 aliphatic rings. The van der Waals surface area contributed by atoms with Gasteiger partial charge in [-0.2, -0.15) is 0 Å². The van der Waals surface area contributed by atoms with Crippen molar-refractivity contribution in [1.29, 1.82) is 0 Å². The van der Waals surface area contributed by atoms with E-state index in [0.29, 0.717) is 0 Å². The molecule has 11 aromatic rings. The summed E-state index contributed by atoms with van der Waals surface area (Å²) in [5.74, 6) is 0. The molecule has 4 aliphatic heterocycles. The highest BCUT2D eigenvalue weighted by Crippen LogP contribution is 2.45. The van der Waals surface area contributed by atoms with Crippen LogP contribution >= 0.6 is 0 Å². The van der Waals surface area contributed by atoms with E-state index < -0.39 is 0 Å². The second kappa shape index (κ2) is 10.4. The zero-order valence-corrected chi connectivity index (χ0v) is 31.4.